The van der Waals surface area contributed by atoms with Gasteiger partial charge in [0, 0.05) is 31.5 Å². The summed E-state index contributed by atoms with van der Waals surface area (Å²) in [5, 5.41) is 2.41. The lowest BCUT2D eigenvalue weighted by Gasteiger charge is -2.27. The Bertz CT molecular complexity index is 1220. The average molecular weight is 403 g/mol. The molecule has 30 heavy (non-hydrogen) atoms. The summed E-state index contributed by atoms with van der Waals surface area (Å²) in [7, 11) is 1.70. The Morgan fingerprint density at radius 3 is 2.87 bits per heavy atom. The van der Waals surface area contributed by atoms with E-state index in [9.17, 15) is 0 Å². The second-order valence-electron chi connectivity index (χ2n) is 8.05. The molecule has 4 aromatic rings. The molecule has 3 heterocycles. The molecule has 0 saturated carbocycles. The van der Waals surface area contributed by atoms with Gasteiger partial charge in [0.1, 0.15) is 11.8 Å². The fourth-order valence-electron chi connectivity index (χ4n) is 4.48. The van der Waals surface area contributed by atoms with E-state index < -0.39 is 0 Å². The average Bonchev–Trinajstić information content (AvgIpc) is 3.33. The maximum Gasteiger partial charge on any atom is 0.165 e. The van der Waals surface area contributed by atoms with E-state index in [0.29, 0.717) is 24.5 Å². The lowest BCUT2D eigenvalue weighted by molar-refractivity contribution is 0.142. The molecule has 1 fully saturated rings. The number of benzene rings is 2. The van der Waals surface area contributed by atoms with E-state index in [1.807, 2.05) is 4.57 Å². The molecule has 1 atom stereocenters. The minimum absolute atomic E-state index is 0.332. The summed E-state index contributed by atoms with van der Waals surface area (Å²) in [6, 6.07) is 12.8. The number of rotatable bonds is 5. The van der Waals surface area contributed by atoms with Crippen LogP contribution in [-0.2, 0) is 11.3 Å². The second-order valence-corrected chi connectivity index (χ2v) is 8.05. The molecule has 2 aromatic heterocycles. The third kappa shape index (κ3) is 3.14. The van der Waals surface area contributed by atoms with Gasteiger partial charge in [-0.3, -0.25) is 0 Å². The van der Waals surface area contributed by atoms with Gasteiger partial charge in [-0.25, -0.2) is 15.0 Å². The Hall–Kier alpha value is -3.23. The highest BCUT2D eigenvalue weighted by Gasteiger charge is 2.35. The molecule has 4 N–H and O–H groups in total. The summed E-state index contributed by atoms with van der Waals surface area (Å²) >= 11 is 0. The van der Waals surface area contributed by atoms with Crippen LogP contribution in [0.25, 0.3) is 21.9 Å². The number of fused-ring (bicyclic) bond motifs is 2. The first kappa shape index (κ1) is 18.8. The van der Waals surface area contributed by atoms with E-state index in [2.05, 4.69) is 56.3 Å². The number of hydrogen-bond donors (Lipinski definition) is 2. The lowest BCUT2D eigenvalue weighted by Crippen LogP contribution is -2.46. The number of methoxy groups -OCH3 is 1. The quantitative estimate of drug-likeness (QED) is 0.526. The van der Waals surface area contributed by atoms with Gasteiger partial charge >= 0.3 is 0 Å². The van der Waals surface area contributed by atoms with Crippen molar-refractivity contribution in [2.24, 2.45) is 5.73 Å². The molecular formula is C22H25N7O. The van der Waals surface area contributed by atoms with Crippen molar-refractivity contribution in [3.63, 3.8) is 0 Å². The maximum absolute atomic E-state index is 6.57. The lowest BCUT2D eigenvalue weighted by atomic mass is 10.0. The van der Waals surface area contributed by atoms with Crippen LogP contribution in [-0.4, -0.2) is 51.9 Å². The topological polar surface area (TPSA) is 108 Å². The fourth-order valence-corrected chi connectivity index (χ4v) is 4.48. The number of ether oxygens (including phenoxy) is 1. The Labute approximate surface area is 174 Å². The Kier molecular flexibility index (Phi) is 4.52. The molecule has 154 valence electrons. The van der Waals surface area contributed by atoms with E-state index in [-0.39, 0.29) is 5.54 Å². The Morgan fingerprint density at radius 1 is 1.13 bits per heavy atom. The second kappa shape index (κ2) is 7.23. The highest BCUT2D eigenvalue weighted by atomic mass is 16.5. The van der Waals surface area contributed by atoms with Crippen LogP contribution in [0.1, 0.15) is 12.0 Å². The third-order valence-corrected chi connectivity index (χ3v) is 5.93. The smallest absolute Gasteiger partial charge is 0.165 e. The predicted octanol–water partition coefficient (Wildman–Crippen LogP) is 2.16. The molecule has 0 aliphatic carbocycles. The Balaban J connectivity index is 1.61. The number of hydrogen-bond acceptors (Lipinski definition) is 7. The molecule has 5 rings (SSSR count). The van der Waals surface area contributed by atoms with Gasteiger partial charge in [-0.1, -0.05) is 30.3 Å². The van der Waals surface area contributed by atoms with Crippen molar-refractivity contribution in [2.45, 2.75) is 18.5 Å². The van der Waals surface area contributed by atoms with Crippen molar-refractivity contribution < 1.29 is 4.74 Å². The number of nitrogens with zero attached hydrogens (tertiary/aromatic N) is 5. The van der Waals surface area contributed by atoms with Gasteiger partial charge in [0.15, 0.2) is 11.5 Å². The molecule has 8 nitrogen and oxygen atoms in total. The molecule has 2 aromatic carbocycles. The van der Waals surface area contributed by atoms with E-state index >= 15 is 0 Å². The van der Waals surface area contributed by atoms with Crippen molar-refractivity contribution in [1.82, 2.24) is 19.5 Å². The molecule has 1 aliphatic heterocycles. The van der Waals surface area contributed by atoms with Crippen LogP contribution in [0, 0.1) is 0 Å². The Morgan fingerprint density at radius 2 is 2.00 bits per heavy atom. The summed E-state index contributed by atoms with van der Waals surface area (Å²) in [4.78, 5) is 15.3. The summed E-state index contributed by atoms with van der Waals surface area (Å²) in [6.45, 7) is 2.83. The number of anilines is 2. The molecule has 1 saturated heterocycles. The number of nitrogen functional groups attached to an aromatic ring is 1. The molecule has 1 aliphatic rings. The monoisotopic (exact) mass is 403 g/mol. The zero-order valence-corrected chi connectivity index (χ0v) is 17.0. The van der Waals surface area contributed by atoms with Crippen molar-refractivity contribution >= 4 is 33.4 Å². The molecule has 8 heteroatoms. The number of nitrogens with two attached hydrogens (primary N) is 2. The van der Waals surface area contributed by atoms with Gasteiger partial charge < -0.3 is 25.7 Å². The zero-order chi connectivity index (χ0) is 20.7. The van der Waals surface area contributed by atoms with Crippen LogP contribution in [0.15, 0.2) is 49.1 Å². The fraction of sp³-hybridized carbons (Fsp3) is 0.318. The summed E-state index contributed by atoms with van der Waals surface area (Å²) in [6.07, 6.45) is 4.15. The van der Waals surface area contributed by atoms with E-state index in [1.54, 1.807) is 13.4 Å². The van der Waals surface area contributed by atoms with Crippen LogP contribution in [0.5, 0.6) is 0 Å². The van der Waals surface area contributed by atoms with Crippen LogP contribution < -0.4 is 16.4 Å². The molecular weight excluding hydrogens is 378 g/mol. The third-order valence-electron chi connectivity index (χ3n) is 5.93. The van der Waals surface area contributed by atoms with E-state index in [0.717, 1.165) is 25.2 Å². The van der Waals surface area contributed by atoms with Crippen molar-refractivity contribution in [3.8, 4) is 0 Å². The van der Waals surface area contributed by atoms with Gasteiger partial charge in [0.25, 0.3) is 0 Å². The van der Waals surface area contributed by atoms with Crippen molar-refractivity contribution in [3.05, 3.63) is 54.6 Å². The normalized spacial score (nSPS) is 19.2. The highest BCUT2D eigenvalue weighted by molar-refractivity contribution is 5.91. The minimum Gasteiger partial charge on any atom is -0.383 e. The SMILES string of the molecule is COC[C@@]1(N)CCN(c2ccc3ccccc3c2Cn2cnc3c(N)ncnc32)C1. The molecule has 0 spiro atoms. The highest BCUT2D eigenvalue weighted by Crippen LogP contribution is 2.34. The standard InChI is InChI=1S/C22H25N7O/c1-30-12-22(24)8-9-28(11-22)18-7-6-15-4-2-3-5-16(15)17(18)10-29-14-27-19-20(23)25-13-26-21(19)29/h2-7,13-14H,8-12,24H2,1H3,(H2,23,25,26)/t22-/m1/s1. The van der Waals surface area contributed by atoms with Crippen LogP contribution in [0.4, 0.5) is 11.5 Å². The van der Waals surface area contributed by atoms with Crippen LogP contribution >= 0.6 is 0 Å². The van der Waals surface area contributed by atoms with Gasteiger partial charge in [-0.05, 0) is 23.3 Å². The van der Waals surface area contributed by atoms with Crippen molar-refractivity contribution in [2.75, 3.05) is 37.4 Å². The van der Waals surface area contributed by atoms with Gasteiger partial charge in [0.05, 0.1) is 25.0 Å². The van der Waals surface area contributed by atoms with E-state index in [4.69, 9.17) is 16.2 Å². The first-order chi connectivity index (χ1) is 14.6. The largest absolute Gasteiger partial charge is 0.383 e. The van der Waals surface area contributed by atoms with E-state index in [1.165, 1.54) is 28.4 Å². The number of imidazole rings is 1. The summed E-state index contributed by atoms with van der Waals surface area (Å²) in [5.41, 5.74) is 16.0. The van der Waals surface area contributed by atoms with Gasteiger partial charge in [-0.2, -0.15) is 0 Å². The van der Waals surface area contributed by atoms with Crippen molar-refractivity contribution in [1.29, 1.82) is 0 Å². The minimum atomic E-state index is -0.332. The molecule has 0 radical (unpaired) electrons. The zero-order valence-electron chi connectivity index (χ0n) is 17.0. The van der Waals surface area contributed by atoms with Crippen LogP contribution in [0.2, 0.25) is 0 Å². The first-order valence-corrected chi connectivity index (χ1v) is 10.0. The summed E-state index contributed by atoms with van der Waals surface area (Å²) < 4.78 is 7.40. The summed E-state index contributed by atoms with van der Waals surface area (Å²) in [5.74, 6) is 0.393. The maximum atomic E-state index is 6.57. The molecule has 0 amide bonds. The molecule has 0 unspecified atom stereocenters. The van der Waals surface area contributed by atoms with Crippen LogP contribution in [0.3, 0.4) is 0 Å². The molecule has 0 bridgehead atoms. The number of aromatic nitrogens is 4. The predicted molar refractivity (Wildman–Crippen MR) is 118 cm³/mol. The van der Waals surface area contributed by atoms with Gasteiger partial charge in [0.2, 0.25) is 0 Å². The first-order valence-electron chi connectivity index (χ1n) is 10.0. The van der Waals surface area contributed by atoms with Gasteiger partial charge in [-0.15, -0.1) is 0 Å².